The van der Waals surface area contributed by atoms with Crippen molar-refractivity contribution in [3.8, 4) is 17.1 Å². The summed E-state index contributed by atoms with van der Waals surface area (Å²) in [7, 11) is -3.71. The molecule has 4 rings (SSSR count). The Morgan fingerprint density at radius 1 is 1.15 bits per heavy atom. The molecule has 0 unspecified atom stereocenters. The second kappa shape index (κ2) is 10.4. The van der Waals surface area contributed by atoms with Crippen LogP contribution in [-0.2, 0) is 21.2 Å². The zero-order valence-corrected chi connectivity index (χ0v) is 20.1. The number of ether oxygens (including phenoxy) is 1. The lowest BCUT2D eigenvalue weighted by Gasteiger charge is -2.19. The highest BCUT2D eigenvalue weighted by Crippen LogP contribution is 2.31. The van der Waals surface area contributed by atoms with Gasteiger partial charge in [0, 0.05) is 37.2 Å². The quantitative estimate of drug-likeness (QED) is 0.491. The Labute approximate surface area is 199 Å². The molecule has 180 valence electrons. The van der Waals surface area contributed by atoms with Crippen LogP contribution in [0.3, 0.4) is 0 Å². The maximum Gasteiger partial charge on any atom is 0.246 e. The van der Waals surface area contributed by atoms with Crippen LogP contribution in [0.5, 0.6) is 5.75 Å². The Hall–Kier alpha value is -3.24. The summed E-state index contributed by atoms with van der Waals surface area (Å²) in [5.41, 5.74) is 2.36. The summed E-state index contributed by atoms with van der Waals surface area (Å²) in [5.74, 6) is 0.819. The number of carbonyl (C=O) groups is 1. The van der Waals surface area contributed by atoms with Crippen molar-refractivity contribution >= 4 is 21.6 Å². The predicted octanol–water partition coefficient (Wildman–Crippen LogP) is 3.80. The Bertz CT molecular complexity index is 1250. The summed E-state index contributed by atoms with van der Waals surface area (Å²) < 4.78 is 38.5. The van der Waals surface area contributed by atoms with Crippen molar-refractivity contribution in [2.24, 2.45) is 0 Å². The summed E-state index contributed by atoms with van der Waals surface area (Å²) in [6.07, 6.45) is 2.04. The number of nitrogens with zero attached hydrogens (tertiary/aromatic N) is 3. The molecule has 1 aliphatic rings. The normalized spacial score (nSPS) is 14.3. The van der Waals surface area contributed by atoms with Gasteiger partial charge in [0.2, 0.25) is 27.6 Å². The number of sulfonamides is 1. The third kappa shape index (κ3) is 5.45. The number of carbonyl (C=O) groups excluding carboxylic acids is 1. The summed E-state index contributed by atoms with van der Waals surface area (Å²) in [6, 6.07) is 12.4. The van der Waals surface area contributed by atoms with E-state index < -0.39 is 10.0 Å². The Kier molecular flexibility index (Phi) is 7.28. The molecule has 1 saturated heterocycles. The van der Waals surface area contributed by atoms with Gasteiger partial charge in [0.25, 0.3) is 0 Å². The molecule has 0 saturated carbocycles. The number of benzene rings is 2. The molecule has 1 N–H and O–H groups in total. The minimum Gasteiger partial charge on any atom is -0.492 e. The molecule has 1 amide bonds. The number of aromatic nitrogens is 2. The molecule has 1 fully saturated rings. The fourth-order valence-corrected chi connectivity index (χ4v) is 5.42. The second-order valence-electron chi connectivity index (χ2n) is 8.13. The monoisotopic (exact) mass is 484 g/mol. The molecule has 0 bridgehead atoms. The SMILES string of the molecule is CCOc1ccc(NC(=O)CCc2nc(-c3ccc(C)cc3)no2)cc1S(=O)(=O)N1CCCC1. The Morgan fingerprint density at radius 2 is 1.88 bits per heavy atom. The van der Waals surface area contributed by atoms with Gasteiger partial charge in [-0.3, -0.25) is 4.79 Å². The van der Waals surface area contributed by atoms with E-state index in [1.807, 2.05) is 31.2 Å². The van der Waals surface area contributed by atoms with Crippen LogP contribution in [-0.4, -0.2) is 48.5 Å². The molecular weight excluding hydrogens is 456 g/mol. The van der Waals surface area contributed by atoms with Crippen LogP contribution < -0.4 is 10.1 Å². The predicted molar refractivity (Wildman–Crippen MR) is 127 cm³/mol. The van der Waals surface area contributed by atoms with Crippen molar-refractivity contribution < 1.29 is 22.5 Å². The molecular formula is C24H28N4O5S. The third-order valence-corrected chi connectivity index (χ3v) is 7.47. The minimum absolute atomic E-state index is 0.0636. The smallest absolute Gasteiger partial charge is 0.246 e. The van der Waals surface area contributed by atoms with Crippen molar-refractivity contribution in [1.29, 1.82) is 0 Å². The van der Waals surface area contributed by atoms with Crippen LogP contribution in [0.2, 0.25) is 0 Å². The lowest BCUT2D eigenvalue weighted by Crippen LogP contribution is -2.28. The molecule has 0 atom stereocenters. The van der Waals surface area contributed by atoms with E-state index in [0.29, 0.717) is 37.1 Å². The zero-order valence-electron chi connectivity index (χ0n) is 19.3. The van der Waals surface area contributed by atoms with Gasteiger partial charge in [-0.1, -0.05) is 35.0 Å². The summed E-state index contributed by atoms with van der Waals surface area (Å²) in [6.45, 7) is 5.10. The van der Waals surface area contributed by atoms with E-state index >= 15 is 0 Å². The van der Waals surface area contributed by atoms with Gasteiger partial charge in [0.15, 0.2) is 0 Å². The summed E-state index contributed by atoms with van der Waals surface area (Å²) in [5, 5.41) is 6.74. The largest absolute Gasteiger partial charge is 0.492 e. The van der Waals surface area contributed by atoms with Crippen molar-refractivity contribution in [3.05, 3.63) is 53.9 Å². The van der Waals surface area contributed by atoms with Gasteiger partial charge < -0.3 is 14.6 Å². The van der Waals surface area contributed by atoms with E-state index in [1.165, 1.54) is 10.4 Å². The first-order valence-electron chi connectivity index (χ1n) is 11.3. The second-order valence-corrected chi connectivity index (χ2v) is 10.0. The Morgan fingerprint density at radius 3 is 2.59 bits per heavy atom. The first-order valence-corrected chi connectivity index (χ1v) is 12.8. The fraction of sp³-hybridized carbons (Fsp3) is 0.375. The first-order chi connectivity index (χ1) is 16.4. The molecule has 0 aliphatic carbocycles. The van der Waals surface area contributed by atoms with E-state index in [2.05, 4.69) is 15.5 Å². The number of amides is 1. The third-order valence-electron chi connectivity index (χ3n) is 5.55. The van der Waals surface area contributed by atoms with Gasteiger partial charge in [0.1, 0.15) is 10.6 Å². The number of hydrogen-bond donors (Lipinski definition) is 1. The van der Waals surface area contributed by atoms with Crippen molar-refractivity contribution in [2.75, 3.05) is 25.0 Å². The highest BCUT2D eigenvalue weighted by Gasteiger charge is 2.30. The topological polar surface area (TPSA) is 115 Å². The van der Waals surface area contributed by atoms with Gasteiger partial charge in [-0.25, -0.2) is 8.42 Å². The molecule has 0 spiro atoms. The average Bonchev–Trinajstić information content (AvgIpc) is 3.52. The van der Waals surface area contributed by atoms with Crippen molar-refractivity contribution in [2.45, 2.75) is 44.4 Å². The van der Waals surface area contributed by atoms with Crippen LogP contribution in [0, 0.1) is 6.92 Å². The average molecular weight is 485 g/mol. The number of aryl methyl sites for hydroxylation is 2. The summed E-state index contributed by atoms with van der Waals surface area (Å²) in [4.78, 5) is 17.0. The van der Waals surface area contributed by atoms with E-state index in [1.54, 1.807) is 19.1 Å². The lowest BCUT2D eigenvalue weighted by atomic mass is 10.1. The van der Waals surface area contributed by atoms with E-state index in [0.717, 1.165) is 24.0 Å². The Balaban J connectivity index is 1.42. The van der Waals surface area contributed by atoms with Gasteiger partial charge in [-0.2, -0.15) is 9.29 Å². The maximum atomic E-state index is 13.1. The van der Waals surface area contributed by atoms with Gasteiger partial charge in [-0.05, 0) is 44.9 Å². The van der Waals surface area contributed by atoms with Crippen LogP contribution in [0.1, 0.15) is 37.6 Å². The lowest BCUT2D eigenvalue weighted by molar-refractivity contribution is -0.116. The minimum atomic E-state index is -3.71. The fourth-order valence-electron chi connectivity index (χ4n) is 3.75. The summed E-state index contributed by atoms with van der Waals surface area (Å²) >= 11 is 0. The molecule has 2 aromatic carbocycles. The molecule has 9 nitrogen and oxygen atoms in total. The maximum absolute atomic E-state index is 13.1. The van der Waals surface area contributed by atoms with Crippen LogP contribution in [0.15, 0.2) is 51.9 Å². The molecule has 2 heterocycles. The van der Waals surface area contributed by atoms with Crippen molar-refractivity contribution in [1.82, 2.24) is 14.4 Å². The van der Waals surface area contributed by atoms with E-state index in [4.69, 9.17) is 9.26 Å². The molecule has 1 aromatic heterocycles. The number of anilines is 1. The van der Waals surface area contributed by atoms with Gasteiger partial charge in [-0.15, -0.1) is 0 Å². The first kappa shape index (κ1) is 23.9. The molecule has 1 aliphatic heterocycles. The highest BCUT2D eigenvalue weighted by molar-refractivity contribution is 7.89. The number of nitrogens with one attached hydrogen (secondary N) is 1. The molecule has 10 heteroatoms. The van der Waals surface area contributed by atoms with E-state index in [-0.39, 0.29) is 29.4 Å². The molecule has 3 aromatic rings. The molecule has 34 heavy (non-hydrogen) atoms. The van der Waals surface area contributed by atoms with Crippen LogP contribution >= 0.6 is 0 Å². The van der Waals surface area contributed by atoms with Crippen LogP contribution in [0.25, 0.3) is 11.4 Å². The zero-order chi connectivity index (χ0) is 24.1. The van der Waals surface area contributed by atoms with Crippen molar-refractivity contribution in [3.63, 3.8) is 0 Å². The highest BCUT2D eigenvalue weighted by atomic mass is 32.2. The van der Waals surface area contributed by atoms with Crippen LogP contribution in [0.4, 0.5) is 5.69 Å². The molecule has 0 radical (unpaired) electrons. The standard InChI is InChI=1S/C24H28N4O5S/c1-3-32-20-11-10-19(16-21(20)34(30,31)28-14-4-5-15-28)25-22(29)12-13-23-26-24(27-33-23)18-8-6-17(2)7-9-18/h6-11,16H,3-5,12-15H2,1-2H3,(H,25,29). The van der Waals surface area contributed by atoms with Gasteiger partial charge >= 0.3 is 0 Å². The number of rotatable bonds is 9. The van der Waals surface area contributed by atoms with E-state index in [9.17, 15) is 13.2 Å². The van der Waals surface area contributed by atoms with Gasteiger partial charge in [0.05, 0.1) is 6.61 Å². The number of hydrogen-bond acceptors (Lipinski definition) is 7.